The number of nitrogens with two attached hydrogens (primary N) is 1. The lowest BCUT2D eigenvalue weighted by Gasteiger charge is -2.17. The molecule has 2 heterocycles. The second kappa shape index (κ2) is 6.11. The third kappa shape index (κ3) is 2.60. The van der Waals surface area contributed by atoms with Crippen LogP contribution in [0.4, 0.5) is 5.69 Å². The van der Waals surface area contributed by atoms with Gasteiger partial charge in [0, 0.05) is 18.4 Å². The number of primary amides is 1. The number of pyridine rings is 1. The molecule has 1 aliphatic heterocycles. The van der Waals surface area contributed by atoms with Crippen molar-refractivity contribution in [3.05, 3.63) is 59.4 Å². The van der Waals surface area contributed by atoms with Crippen LogP contribution in [0, 0.1) is 0 Å². The van der Waals surface area contributed by atoms with Crippen molar-refractivity contribution < 1.29 is 19.1 Å². The van der Waals surface area contributed by atoms with Crippen LogP contribution in [-0.4, -0.2) is 36.4 Å². The Labute approximate surface area is 138 Å². The molecule has 3 rings (SSSR count). The van der Waals surface area contributed by atoms with Crippen molar-refractivity contribution in [2.75, 3.05) is 18.6 Å². The molecular formula is C17H15N3O4. The van der Waals surface area contributed by atoms with Crippen molar-refractivity contribution in [1.29, 1.82) is 0 Å². The van der Waals surface area contributed by atoms with E-state index in [4.69, 9.17) is 10.5 Å². The predicted octanol–water partition coefficient (Wildman–Crippen LogP) is 1.10. The minimum Gasteiger partial charge on any atom is -0.468 e. The Kier molecular flexibility index (Phi) is 3.99. The molecule has 2 aromatic rings. The van der Waals surface area contributed by atoms with Crippen LogP contribution in [0.25, 0.3) is 0 Å². The average Bonchev–Trinajstić information content (AvgIpc) is 3.00. The van der Waals surface area contributed by atoms with Gasteiger partial charge in [-0.3, -0.25) is 19.4 Å². The highest BCUT2D eigenvalue weighted by molar-refractivity contribution is 6.08. The molecule has 0 bridgehead atoms. The highest BCUT2D eigenvalue weighted by atomic mass is 16.5. The first kappa shape index (κ1) is 15.7. The van der Waals surface area contributed by atoms with E-state index in [1.807, 2.05) is 6.07 Å². The number of anilines is 1. The Morgan fingerprint density at radius 1 is 1.21 bits per heavy atom. The molecule has 0 fully saturated rings. The zero-order valence-electron chi connectivity index (χ0n) is 12.9. The largest absolute Gasteiger partial charge is 0.468 e. The second-order valence-electron chi connectivity index (χ2n) is 5.35. The Hall–Kier alpha value is -3.22. The summed E-state index contributed by atoms with van der Waals surface area (Å²) in [7, 11) is 1.32. The summed E-state index contributed by atoms with van der Waals surface area (Å²) in [5.41, 5.74) is 6.95. The monoisotopic (exact) mass is 325 g/mol. The lowest BCUT2D eigenvalue weighted by molar-refractivity contribution is -0.141. The quantitative estimate of drug-likeness (QED) is 0.851. The minimum absolute atomic E-state index is 0.167. The van der Waals surface area contributed by atoms with Crippen molar-refractivity contribution in [3.8, 4) is 0 Å². The second-order valence-corrected chi connectivity index (χ2v) is 5.35. The third-order valence-electron chi connectivity index (χ3n) is 3.97. The molecule has 1 aliphatic rings. The van der Waals surface area contributed by atoms with E-state index in [9.17, 15) is 14.4 Å². The molecular weight excluding hydrogens is 310 g/mol. The standard InChI is InChI=1S/C17H15N3O4/c1-24-17(23)12-9-20(14-5-3-2-4-11(12)14)16(22)13-7-6-10(8-19-13)15(18)21/h2-8,12H,9H2,1H3,(H2,18,21)/t12-/m1/s1. The molecule has 122 valence electrons. The van der Waals surface area contributed by atoms with E-state index in [1.54, 1.807) is 18.2 Å². The molecule has 24 heavy (non-hydrogen) atoms. The highest BCUT2D eigenvalue weighted by Gasteiger charge is 2.37. The topological polar surface area (TPSA) is 103 Å². The van der Waals surface area contributed by atoms with Gasteiger partial charge < -0.3 is 15.4 Å². The molecule has 0 radical (unpaired) electrons. The van der Waals surface area contributed by atoms with Crippen LogP contribution >= 0.6 is 0 Å². The van der Waals surface area contributed by atoms with E-state index >= 15 is 0 Å². The van der Waals surface area contributed by atoms with Crippen molar-refractivity contribution in [3.63, 3.8) is 0 Å². The first-order chi connectivity index (χ1) is 11.5. The average molecular weight is 325 g/mol. The molecule has 7 heteroatoms. The number of nitrogens with zero attached hydrogens (tertiary/aromatic N) is 2. The number of hydrogen-bond acceptors (Lipinski definition) is 5. The smallest absolute Gasteiger partial charge is 0.315 e. The van der Waals surface area contributed by atoms with Gasteiger partial charge in [0.2, 0.25) is 5.91 Å². The number of aromatic nitrogens is 1. The number of carbonyl (C=O) groups excluding carboxylic acids is 3. The van der Waals surface area contributed by atoms with E-state index in [-0.39, 0.29) is 23.7 Å². The van der Waals surface area contributed by atoms with Gasteiger partial charge in [-0.2, -0.15) is 0 Å². The fourth-order valence-electron chi connectivity index (χ4n) is 2.75. The van der Waals surface area contributed by atoms with Crippen LogP contribution in [-0.2, 0) is 9.53 Å². The summed E-state index contributed by atoms with van der Waals surface area (Å²) in [6.45, 7) is 0.185. The molecule has 0 unspecified atom stereocenters. The van der Waals surface area contributed by atoms with Gasteiger partial charge in [-0.25, -0.2) is 0 Å². The summed E-state index contributed by atoms with van der Waals surface area (Å²) < 4.78 is 4.82. The molecule has 2 amide bonds. The van der Waals surface area contributed by atoms with Gasteiger partial charge in [0.05, 0.1) is 12.7 Å². The predicted molar refractivity (Wildman–Crippen MR) is 85.6 cm³/mol. The molecule has 0 aliphatic carbocycles. The van der Waals surface area contributed by atoms with Crippen LogP contribution in [0.3, 0.4) is 0 Å². The maximum absolute atomic E-state index is 12.7. The van der Waals surface area contributed by atoms with Gasteiger partial charge in [0.25, 0.3) is 5.91 Å². The summed E-state index contributed by atoms with van der Waals surface area (Å²) in [4.78, 5) is 41.3. The minimum atomic E-state index is -0.612. The number of rotatable bonds is 3. The summed E-state index contributed by atoms with van der Waals surface area (Å²) in [5, 5.41) is 0. The van der Waals surface area contributed by atoms with Crippen LogP contribution in [0.5, 0.6) is 0 Å². The van der Waals surface area contributed by atoms with Crippen LogP contribution in [0.1, 0.15) is 32.3 Å². The summed E-state index contributed by atoms with van der Waals surface area (Å²) >= 11 is 0. The van der Waals surface area contributed by atoms with Crippen LogP contribution in [0.15, 0.2) is 42.6 Å². The van der Waals surface area contributed by atoms with Crippen molar-refractivity contribution in [2.45, 2.75) is 5.92 Å². The number of methoxy groups -OCH3 is 1. The van der Waals surface area contributed by atoms with Gasteiger partial charge in [-0.15, -0.1) is 0 Å². The van der Waals surface area contributed by atoms with E-state index in [2.05, 4.69) is 4.98 Å². The molecule has 1 aromatic heterocycles. The Balaban J connectivity index is 1.93. The van der Waals surface area contributed by atoms with Gasteiger partial charge in [0.15, 0.2) is 0 Å². The summed E-state index contributed by atoms with van der Waals surface area (Å²) in [6.07, 6.45) is 1.26. The maximum atomic E-state index is 12.7. The molecule has 0 saturated carbocycles. The number of amides is 2. The number of benzene rings is 1. The number of hydrogen-bond donors (Lipinski definition) is 1. The van der Waals surface area contributed by atoms with Gasteiger partial charge in [-0.1, -0.05) is 18.2 Å². The van der Waals surface area contributed by atoms with Gasteiger partial charge >= 0.3 is 5.97 Å². The van der Waals surface area contributed by atoms with E-state index in [1.165, 1.54) is 30.3 Å². The third-order valence-corrected chi connectivity index (χ3v) is 3.97. The molecule has 2 N–H and O–H groups in total. The molecule has 1 aromatic carbocycles. The summed E-state index contributed by atoms with van der Waals surface area (Å²) in [5.74, 6) is -1.89. The lowest BCUT2D eigenvalue weighted by atomic mass is 10.0. The van der Waals surface area contributed by atoms with Crippen molar-refractivity contribution in [2.24, 2.45) is 5.73 Å². The van der Waals surface area contributed by atoms with Gasteiger partial charge in [-0.05, 0) is 23.8 Å². The van der Waals surface area contributed by atoms with Crippen LogP contribution < -0.4 is 10.6 Å². The zero-order chi connectivity index (χ0) is 17.3. The van der Waals surface area contributed by atoms with E-state index < -0.39 is 17.8 Å². The molecule has 0 spiro atoms. The highest BCUT2D eigenvalue weighted by Crippen LogP contribution is 2.37. The first-order valence-electron chi connectivity index (χ1n) is 7.27. The molecule has 0 saturated heterocycles. The van der Waals surface area contributed by atoms with Crippen LogP contribution in [0.2, 0.25) is 0 Å². The lowest BCUT2D eigenvalue weighted by Crippen LogP contribution is -2.32. The van der Waals surface area contributed by atoms with Crippen molar-refractivity contribution >= 4 is 23.5 Å². The zero-order valence-corrected chi connectivity index (χ0v) is 12.9. The first-order valence-corrected chi connectivity index (χ1v) is 7.27. The summed E-state index contributed by atoms with van der Waals surface area (Å²) in [6, 6.07) is 10.1. The van der Waals surface area contributed by atoms with Gasteiger partial charge in [0.1, 0.15) is 11.6 Å². The maximum Gasteiger partial charge on any atom is 0.315 e. The number of para-hydroxylation sites is 1. The molecule has 1 atom stereocenters. The Morgan fingerprint density at radius 2 is 1.96 bits per heavy atom. The number of carbonyl (C=O) groups is 3. The fourth-order valence-corrected chi connectivity index (χ4v) is 2.75. The fraction of sp³-hybridized carbons (Fsp3) is 0.176. The number of esters is 1. The van der Waals surface area contributed by atoms with E-state index in [0.29, 0.717) is 5.69 Å². The number of fused-ring (bicyclic) bond motifs is 1. The number of ether oxygens (including phenoxy) is 1. The van der Waals surface area contributed by atoms with E-state index in [0.717, 1.165) is 5.56 Å². The SMILES string of the molecule is COC(=O)[C@@H]1CN(C(=O)c2ccc(C(N)=O)cn2)c2ccccc21. The van der Waals surface area contributed by atoms with Crippen molar-refractivity contribution in [1.82, 2.24) is 4.98 Å². The Morgan fingerprint density at radius 3 is 2.58 bits per heavy atom. The Bertz CT molecular complexity index is 817. The molecule has 7 nitrogen and oxygen atoms in total. The normalized spacial score (nSPS) is 15.7.